The van der Waals surface area contributed by atoms with Crippen molar-refractivity contribution in [1.82, 2.24) is 0 Å². The first-order chi connectivity index (χ1) is 10.5. The van der Waals surface area contributed by atoms with Crippen LogP contribution in [-0.2, 0) is 18.9 Å². The second-order valence-electron chi connectivity index (χ2n) is 5.88. The van der Waals surface area contributed by atoms with Gasteiger partial charge in [-0.2, -0.15) is 0 Å². The fourth-order valence-electron chi connectivity index (χ4n) is 3.01. The monoisotopic (exact) mass is 306 g/mol. The maximum atomic E-state index is 11.1. The van der Waals surface area contributed by atoms with Gasteiger partial charge < -0.3 is 24.1 Å². The largest absolute Gasteiger partial charge is 0.382 e. The standard InChI is InChI=1S/C17H22O5/c1-11(2)17(18)9-14(19-3)21-13-10-20-16(22-15(13)17)12-7-5-4-6-8-12/h4-8,13-16,18H,1,9-10H2,2-3H3/t13-,14+,15-,16-,17-/m1/s1. The Morgan fingerprint density at radius 2 is 2.05 bits per heavy atom. The number of hydrogen-bond donors (Lipinski definition) is 1. The fourth-order valence-corrected chi connectivity index (χ4v) is 3.01. The van der Waals surface area contributed by atoms with Crippen LogP contribution in [0.25, 0.3) is 0 Å². The van der Waals surface area contributed by atoms with Gasteiger partial charge in [-0.25, -0.2) is 0 Å². The summed E-state index contributed by atoms with van der Waals surface area (Å²) in [7, 11) is 1.56. The lowest BCUT2D eigenvalue weighted by Crippen LogP contribution is -2.62. The van der Waals surface area contributed by atoms with Crippen molar-refractivity contribution < 1.29 is 24.1 Å². The molecule has 2 fully saturated rings. The summed E-state index contributed by atoms with van der Waals surface area (Å²) in [4.78, 5) is 0. The molecule has 5 atom stereocenters. The Morgan fingerprint density at radius 1 is 1.32 bits per heavy atom. The van der Waals surface area contributed by atoms with Gasteiger partial charge in [-0.1, -0.05) is 36.9 Å². The van der Waals surface area contributed by atoms with E-state index in [0.717, 1.165) is 5.56 Å². The van der Waals surface area contributed by atoms with Crippen LogP contribution in [-0.4, -0.2) is 42.9 Å². The van der Waals surface area contributed by atoms with Gasteiger partial charge in [0.1, 0.15) is 17.8 Å². The molecule has 22 heavy (non-hydrogen) atoms. The predicted octanol–water partition coefficient (Wildman–Crippen LogP) is 2.17. The maximum absolute atomic E-state index is 11.1. The van der Waals surface area contributed by atoms with Gasteiger partial charge in [0.25, 0.3) is 0 Å². The molecule has 2 aliphatic rings. The third-order valence-corrected chi connectivity index (χ3v) is 4.37. The summed E-state index contributed by atoms with van der Waals surface area (Å²) < 4.78 is 22.8. The number of methoxy groups -OCH3 is 1. The summed E-state index contributed by atoms with van der Waals surface area (Å²) in [5, 5.41) is 11.1. The van der Waals surface area contributed by atoms with Crippen LogP contribution in [0.15, 0.2) is 42.5 Å². The number of hydrogen-bond acceptors (Lipinski definition) is 5. The minimum Gasteiger partial charge on any atom is -0.382 e. The van der Waals surface area contributed by atoms with E-state index < -0.39 is 24.3 Å². The highest BCUT2D eigenvalue weighted by atomic mass is 16.7. The molecule has 2 saturated heterocycles. The molecule has 1 N–H and O–H groups in total. The van der Waals surface area contributed by atoms with Crippen molar-refractivity contribution in [2.45, 2.75) is 43.7 Å². The third kappa shape index (κ3) is 2.71. The van der Waals surface area contributed by atoms with Gasteiger partial charge >= 0.3 is 0 Å². The topological polar surface area (TPSA) is 57.2 Å². The van der Waals surface area contributed by atoms with E-state index in [1.165, 1.54) is 0 Å². The molecule has 0 aromatic heterocycles. The normalized spacial score (nSPS) is 38.3. The summed E-state index contributed by atoms with van der Waals surface area (Å²) in [6, 6.07) is 9.67. The van der Waals surface area contributed by atoms with E-state index in [9.17, 15) is 5.11 Å². The summed E-state index contributed by atoms with van der Waals surface area (Å²) in [5.74, 6) is 0. The number of ether oxygens (including phenoxy) is 4. The Morgan fingerprint density at radius 3 is 2.68 bits per heavy atom. The van der Waals surface area contributed by atoms with E-state index in [-0.39, 0.29) is 6.10 Å². The average molecular weight is 306 g/mol. The van der Waals surface area contributed by atoms with Gasteiger partial charge in [0.2, 0.25) is 0 Å². The van der Waals surface area contributed by atoms with E-state index in [4.69, 9.17) is 18.9 Å². The molecule has 120 valence electrons. The molecule has 2 heterocycles. The van der Waals surface area contributed by atoms with E-state index in [1.54, 1.807) is 14.0 Å². The highest BCUT2D eigenvalue weighted by Crippen LogP contribution is 2.41. The zero-order valence-electron chi connectivity index (χ0n) is 12.9. The van der Waals surface area contributed by atoms with Gasteiger partial charge in [0.15, 0.2) is 12.6 Å². The molecular formula is C17H22O5. The Balaban J connectivity index is 1.85. The van der Waals surface area contributed by atoms with Crippen molar-refractivity contribution in [3.63, 3.8) is 0 Å². The lowest BCUT2D eigenvalue weighted by Gasteiger charge is -2.50. The lowest BCUT2D eigenvalue weighted by molar-refractivity contribution is -0.350. The Kier molecular flexibility index (Phi) is 4.34. The summed E-state index contributed by atoms with van der Waals surface area (Å²) in [6.07, 6.45) is -1.64. The predicted molar refractivity (Wildman–Crippen MR) is 80.1 cm³/mol. The van der Waals surface area contributed by atoms with Crippen molar-refractivity contribution in [3.05, 3.63) is 48.0 Å². The van der Waals surface area contributed by atoms with Crippen LogP contribution < -0.4 is 0 Å². The van der Waals surface area contributed by atoms with Gasteiger partial charge in [-0.3, -0.25) is 0 Å². The first kappa shape index (κ1) is 15.6. The van der Waals surface area contributed by atoms with E-state index in [0.29, 0.717) is 18.6 Å². The Labute approximate surface area is 130 Å². The molecule has 0 saturated carbocycles. The fraction of sp³-hybridized carbons (Fsp3) is 0.529. The van der Waals surface area contributed by atoms with Crippen LogP contribution in [0.5, 0.6) is 0 Å². The van der Waals surface area contributed by atoms with Crippen LogP contribution in [0.4, 0.5) is 0 Å². The molecule has 0 spiro atoms. The second-order valence-corrected chi connectivity index (χ2v) is 5.88. The summed E-state index contributed by atoms with van der Waals surface area (Å²) in [6.45, 7) is 6.06. The molecule has 2 aliphatic heterocycles. The number of aliphatic hydroxyl groups is 1. The highest BCUT2D eigenvalue weighted by Gasteiger charge is 2.53. The minimum absolute atomic E-state index is 0.293. The van der Waals surface area contributed by atoms with E-state index in [2.05, 4.69) is 6.58 Å². The molecule has 0 amide bonds. The van der Waals surface area contributed by atoms with Gasteiger partial charge in [0, 0.05) is 19.1 Å². The molecule has 5 nitrogen and oxygen atoms in total. The first-order valence-electron chi connectivity index (χ1n) is 7.43. The molecule has 1 aromatic rings. The van der Waals surface area contributed by atoms with Crippen molar-refractivity contribution in [3.8, 4) is 0 Å². The molecule has 3 rings (SSSR count). The van der Waals surface area contributed by atoms with Gasteiger partial charge in [-0.15, -0.1) is 0 Å². The lowest BCUT2D eigenvalue weighted by atomic mass is 9.81. The van der Waals surface area contributed by atoms with Crippen LogP contribution in [0.1, 0.15) is 25.2 Å². The van der Waals surface area contributed by atoms with Crippen LogP contribution in [0, 0.1) is 0 Å². The molecular weight excluding hydrogens is 284 g/mol. The molecule has 1 aromatic carbocycles. The SMILES string of the molecule is C=C(C)[C@]1(O)C[C@@H](OC)O[C@@H]2CO[C@@H](c3ccccc3)O[C@H]21. The first-order valence-corrected chi connectivity index (χ1v) is 7.43. The van der Waals surface area contributed by atoms with Crippen molar-refractivity contribution in [2.24, 2.45) is 0 Å². The summed E-state index contributed by atoms with van der Waals surface area (Å²) >= 11 is 0. The number of fused-ring (bicyclic) bond motifs is 1. The highest BCUT2D eigenvalue weighted by molar-refractivity contribution is 5.20. The molecule has 0 radical (unpaired) electrons. The van der Waals surface area contributed by atoms with E-state index >= 15 is 0 Å². The smallest absolute Gasteiger partial charge is 0.184 e. The van der Waals surface area contributed by atoms with Gasteiger partial charge in [-0.05, 0) is 12.5 Å². The maximum Gasteiger partial charge on any atom is 0.184 e. The zero-order valence-corrected chi connectivity index (χ0v) is 12.9. The minimum atomic E-state index is -1.19. The van der Waals surface area contributed by atoms with Crippen LogP contribution >= 0.6 is 0 Å². The van der Waals surface area contributed by atoms with Crippen LogP contribution in [0.3, 0.4) is 0 Å². The van der Waals surface area contributed by atoms with Crippen molar-refractivity contribution >= 4 is 0 Å². The summed E-state index contributed by atoms with van der Waals surface area (Å²) in [5.41, 5.74) is 0.362. The van der Waals surface area contributed by atoms with E-state index in [1.807, 2.05) is 30.3 Å². The Hall–Kier alpha value is -1.24. The molecule has 0 unspecified atom stereocenters. The van der Waals surface area contributed by atoms with Crippen molar-refractivity contribution in [2.75, 3.05) is 13.7 Å². The zero-order chi connectivity index (χ0) is 15.7. The van der Waals surface area contributed by atoms with Crippen LogP contribution in [0.2, 0.25) is 0 Å². The second kappa shape index (κ2) is 6.10. The molecule has 5 heteroatoms. The number of rotatable bonds is 3. The number of benzene rings is 1. The third-order valence-electron chi connectivity index (χ3n) is 4.37. The molecule has 0 aliphatic carbocycles. The van der Waals surface area contributed by atoms with Crippen molar-refractivity contribution in [1.29, 1.82) is 0 Å². The molecule has 0 bridgehead atoms. The quantitative estimate of drug-likeness (QED) is 0.867. The van der Waals surface area contributed by atoms with Gasteiger partial charge in [0.05, 0.1) is 6.61 Å². The average Bonchev–Trinajstić information content (AvgIpc) is 2.55. The Bertz CT molecular complexity index is 531.